The second-order valence-electron chi connectivity index (χ2n) is 4.14. The molecule has 1 fully saturated rings. The Morgan fingerprint density at radius 2 is 2.31 bits per heavy atom. The van der Waals surface area contributed by atoms with Crippen LogP contribution >= 0.6 is 0 Å². The Kier molecular flexibility index (Phi) is 4.46. The number of hydrogen-bond acceptors (Lipinski definition) is 2. The van der Waals surface area contributed by atoms with Crippen LogP contribution in [0.25, 0.3) is 0 Å². The third kappa shape index (κ3) is 3.92. The van der Waals surface area contributed by atoms with E-state index in [2.05, 4.69) is 18.4 Å². The summed E-state index contributed by atoms with van der Waals surface area (Å²) < 4.78 is 0. The van der Waals surface area contributed by atoms with E-state index in [4.69, 9.17) is 5.73 Å². The first-order valence-corrected chi connectivity index (χ1v) is 5.33. The summed E-state index contributed by atoms with van der Waals surface area (Å²) in [7, 11) is 0. The lowest BCUT2D eigenvalue weighted by molar-refractivity contribution is 0.271. The van der Waals surface area contributed by atoms with Gasteiger partial charge in [-0.25, -0.2) is 0 Å². The predicted molar refractivity (Wildman–Crippen MR) is 57.6 cm³/mol. The number of rotatable bonds is 7. The van der Waals surface area contributed by atoms with Gasteiger partial charge in [0.1, 0.15) is 0 Å². The van der Waals surface area contributed by atoms with E-state index in [9.17, 15) is 0 Å². The smallest absolute Gasteiger partial charge is 0.0163 e. The van der Waals surface area contributed by atoms with Crippen molar-refractivity contribution in [1.29, 1.82) is 0 Å². The molecule has 0 saturated heterocycles. The minimum atomic E-state index is 0.658. The second kappa shape index (κ2) is 5.40. The van der Waals surface area contributed by atoms with Gasteiger partial charge in [0.2, 0.25) is 0 Å². The molecule has 1 rings (SSSR count). The zero-order chi connectivity index (χ0) is 9.68. The van der Waals surface area contributed by atoms with Crippen molar-refractivity contribution < 1.29 is 0 Å². The zero-order valence-electron chi connectivity index (χ0n) is 8.71. The van der Waals surface area contributed by atoms with Crippen LogP contribution in [0.2, 0.25) is 0 Å². The fourth-order valence-corrected chi connectivity index (χ4v) is 1.53. The highest BCUT2D eigenvalue weighted by molar-refractivity contribution is 4.88. The van der Waals surface area contributed by atoms with Crippen LogP contribution in [-0.4, -0.2) is 30.6 Å². The summed E-state index contributed by atoms with van der Waals surface area (Å²) >= 11 is 0. The maximum absolute atomic E-state index is 5.59. The van der Waals surface area contributed by atoms with Gasteiger partial charge in [0, 0.05) is 12.6 Å². The van der Waals surface area contributed by atoms with Gasteiger partial charge in [0.25, 0.3) is 0 Å². The standard InChI is InChI=1S/C11H22N2/c1-3-7-13(11-4-5-11)8-6-10(2)9-12/h3,10-11H,1,4-9,12H2,2H3. The highest BCUT2D eigenvalue weighted by Gasteiger charge is 2.27. The van der Waals surface area contributed by atoms with Crippen LogP contribution in [0.4, 0.5) is 0 Å². The molecule has 0 heterocycles. The summed E-state index contributed by atoms with van der Waals surface area (Å²) in [5, 5.41) is 0. The second-order valence-corrected chi connectivity index (χ2v) is 4.14. The number of hydrogen-bond donors (Lipinski definition) is 1. The summed E-state index contributed by atoms with van der Waals surface area (Å²) in [6.45, 7) is 9.06. The van der Waals surface area contributed by atoms with Crippen molar-refractivity contribution in [2.45, 2.75) is 32.2 Å². The summed E-state index contributed by atoms with van der Waals surface area (Å²) in [5.41, 5.74) is 5.59. The summed E-state index contributed by atoms with van der Waals surface area (Å²) in [6, 6.07) is 0.850. The quantitative estimate of drug-likeness (QED) is 0.606. The Balaban J connectivity index is 2.17. The predicted octanol–water partition coefficient (Wildman–Crippen LogP) is 1.62. The molecule has 0 bridgehead atoms. The van der Waals surface area contributed by atoms with Crippen LogP contribution < -0.4 is 5.73 Å². The molecule has 0 aromatic rings. The molecule has 0 amide bonds. The maximum atomic E-state index is 5.59. The minimum absolute atomic E-state index is 0.658. The van der Waals surface area contributed by atoms with Crippen LogP contribution in [0.3, 0.4) is 0 Å². The molecule has 1 aliphatic rings. The van der Waals surface area contributed by atoms with Gasteiger partial charge in [0.15, 0.2) is 0 Å². The summed E-state index contributed by atoms with van der Waals surface area (Å²) in [6.07, 6.45) is 5.99. The van der Waals surface area contributed by atoms with Gasteiger partial charge < -0.3 is 5.73 Å². The molecule has 0 radical (unpaired) electrons. The zero-order valence-corrected chi connectivity index (χ0v) is 8.71. The van der Waals surface area contributed by atoms with Gasteiger partial charge in [-0.15, -0.1) is 6.58 Å². The van der Waals surface area contributed by atoms with E-state index < -0.39 is 0 Å². The molecule has 2 heteroatoms. The fourth-order valence-electron chi connectivity index (χ4n) is 1.53. The van der Waals surface area contributed by atoms with E-state index >= 15 is 0 Å². The van der Waals surface area contributed by atoms with Crippen molar-refractivity contribution in [2.24, 2.45) is 11.7 Å². The van der Waals surface area contributed by atoms with Crippen molar-refractivity contribution >= 4 is 0 Å². The van der Waals surface area contributed by atoms with Gasteiger partial charge >= 0.3 is 0 Å². The molecule has 1 atom stereocenters. The first-order valence-electron chi connectivity index (χ1n) is 5.33. The number of nitrogens with two attached hydrogens (primary N) is 1. The molecule has 76 valence electrons. The average Bonchev–Trinajstić information content (AvgIpc) is 2.94. The van der Waals surface area contributed by atoms with Crippen molar-refractivity contribution in [1.82, 2.24) is 4.90 Å². The van der Waals surface area contributed by atoms with Crippen LogP contribution in [-0.2, 0) is 0 Å². The lowest BCUT2D eigenvalue weighted by Crippen LogP contribution is -2.29. The van der Waals surface area contributed by atoms with Crippen molar-refractivity contribution in [3.05, 3.63) is 12.7 Å². The molecule has 0 aromatic carbocycles. The topological polar surface area (TPSA) is 29.3 Å². The Bertz CT molecular complexity index is 152. The first kappa shape index (κ1) is 10.7. The highest BCUT2D eigenvalue weighted by Crippen LogP contribution is 2.27. The lowest BCUT2D eigenvalue weighted by Gasteiger charge is -2.21. The van der Waals surface area contributed by atoms with Gasteiger partial charge in [-0.2, -0.15) is 0 Å². The molecular formula is C11H22N2. The fraction of sp³-hybridized carbons (Fsp3) is 0.818. The van der Waals surface area contributed by atoms with E-state index in [0.29, 0.717) is 5.92 Å². The number of nitrogens with zero attached hydrogens (tertiary/aromatic N) is 1. The summed E-state index contributed by atoms with van der Waals surface area (Å²) in [5.74, 6) is 0.658. The van der Waals surface area contributed by atoms with Crippen LogP contribution in [0.1, 0.15) is 26.2 Å². The third-order valence-electron chi connectivity index (χ3n) is 2.74. The molecule has 0 spiro atoms. The third-order valence-corrected chi connectivity index (χ3v) is 2.74. The summed E-state index contributed by atoms with van der Waals surface area (Å²) in [4.78, 5) is 2.53. The van der Waals surface area contributed by atoms with E-state index in [1.165, 1.54) is 25.8 Å². The van der Waals surface area contributed by atoms with Gasteiger partial charge in [-0.1, -0.05) is 13.0 Å². The van der Waals surface area contributed by atoms with Gasteiger partial charge in [0.05, 0.1) is 0 Å². The molecule has 13 heavy (non-hydrogen) atoms. The molecule has 0 aromatic heterocycles. The highest BCUT2D eigenvalue weighted by atomic mass is 15.2. The van der Waals surface area contributed by atoms with E-state index in [0.717, 1.165) is 19.1 Å². The Morgan fingerprint density at radius 3 is 2.77 bits per heavy atom. The average molecular weight is 182 g/mol. The maximum Gasteiger partial charge on any atom is 0.0163 e. The molecule has 2 N–H and O–H groups in total. The van der Waals surface area contributed by atoms with Crippen molar-refractivity contribution in [3.8, 4) is 0 Å². The SMILES string of the molecule is C=CCN(CCC(C)CN)C1CC1. The van der Waals surface area contributed by atoms with E-state index in [1.807, 2.05) is 6.08 Å². The first-order chi connectivity index (χ1) is 6.27. The molecular weight excluding hydrogens is 160 g/mol. The van der Waals surface area contributed by atoms with Crippen molar-refractivity contribution in [3.63, 3.8) is 0 Å². The normalized spacial score (nSPS) is 19.0. The molecule has 1 aliphatic carbocycles. The van der Waals surface area contributed by atoms with Crippen molar-refractivity contribution in [2.75, 3.05) is 19.6 Å². The molecule has 1 unspecified atom stereocenters. The minimum Gasteiger partial charge on any atom is -0.330 e. The molecule has 1 saturated carbocycles. The molecule has 0 aliphatic heterocycles. The van der Waals surface area contributed by atoms with Gasteiger partial charge in [-0.3, -0.25) is 4.90 Å². The van der Waals surface area contributed by atoms with Crippen LogP contribution in [0.15, 0.2) is 12.7 Å². The lowest BCUT2D eigenvalue weighted by atomic mass is 10.1. The van der Waals surface area contributed by atoms with Gasteiger partial charge in [-0.05, 0) is 38.3 Å². The van der Waals surface area contributed by atoms with Crippen LogP contribution in [0.5, 0.6) is 0 Å². The Hall–Kier alpha value is -0.340. The Labute approximate surface area is 81.8 Å². The largest absolute Gasteiger partial charge is 0.330 e. The Morgan fingerprint density at radius 1 is 1.62 bits per heavy atom. The monoisotopic (exact) mass is 182 g/mol. The van der Waals surface area contributed by atoms with E-state index in [1.54, 1.807) is 0 Å². The molecule has 2 nitrogen and oxygen atoms in total. The van der Waals surface area contributed by atoms with E-state index in [-0.39, 0.29) is 0 Å². The van der Waals surface area contributed by atoms with Crippen LogP contribution in [0, 0.1) is 5.92 Å².